The van der Waals surface area contributed by atoms with E-state index >= 15 is 0 Å². The van der Waals surface area contributed by atoms with Crippen molar-refractivity contribution < 1.29 is 14.7 Å². The van der Waals surface area contributed by atoms with E-state index in [1.54, 1.807) is 0 Å². The number of hydrogen-bond acceptors (Lipinski definition) is 3. The van der Waals surface area contributed by atoms with Crippen molar-refractivity contribution in [1.82, 2.24) is 4.90 Å². The molecule has 0 bridgehead atoms. The molecule has 15 heavy (non-hydrogen) atoms. The molecule has 1 aliphatic rings. The fourth-order valence-electron chi connectivity index (χ4n) is 1.43. The lowest BCUT2D eigenvalue weighted by atomic mass is 10.1. The van der Waals surface area contributed by atoms with Crippen molar-refractivity contribution >= 4 is 23.6 Å². The Morgan fingerprint density at radius 3 is 2.60 bits per heavy atom. The van der Waals surface area contributed by atoms with Crippen LogP contribution in [0.25, 0.3) is 0 Å². The zero-order valence-electron chi connectivity index (χ0n) is 9.06. The van der Waals surface area contributed by atoms with Crippen LogP contribution in [0.1, 0.15) is 20.8 Å². The lowest BCUT2D eigenvalue weighted by Gasteiger charge is -2.33. The van der Waals surface area contributed by atoms with E-state index in [1.165, 1.54) is 23.6 Å². The molecule has 0 aliphatic carbocycles. The number of carbonyl (C=O) groups is 2. The van der Waals surface area contributed by atoms with E-state index in [4.69, 9.17) is 5.11 Å². The van der Waals surface area contributed by atoms with Gasteiger partial charge < -0.3 is 10.0 Å². The smallest absolute Gasteiger partial charge is 0.326 e. The molecule has 0 saturated heterocycles. The highest BCUT2D eigenvalue weighted by molar-refractivity contribution is 8.02. The van der Waals surface area contributed by atoms with Gasteiger partial charge in [-0.25, -0.2) is 4.79 Å². The lowest BCUT2D eigenvalue weighted by Crippen LogP contribution is -2.45. The van der Waals surface area contributed by atoms with E-state index in [2.05, 4.69) is 0 Å². The van der Waals surface area contributed by atoms with E-state index in [9.17, 15) is 9.59 Å². The molecule has 4 nitrogen and oxygen atoms in total. The fraction of sp³-hybridized carbons (Fsp3) is 0.600. The number of hydrogen-bond donors (Lipinski definition) is 1. The van der Waals surface area contributed by atoms with E-state index in [0.29, 0.717) is 5.75 Å². The van der Waals surface area contributed by atoms with Crippen molar-refractivity contribution in [2.24, 2.45) is 5.92 Å². The predicted octanol–water partition coefficient (Wildman–Crippen LogP) is 1.53. The molecule has 0 radical (unpaired) electrons. The van der Waals surface area contributed by atoms with Gasteiger partial charge in [-0.2, -0.15) is 0 Å². The molecule has 1 amide bonds. The number of carboxylic acid groups (broad SMARTS) is 1. The highest BCUT2D eigenvalue weighted by Crippen LogP contribution is 2.27. The molecule has 84 valence electrons. The minimum atomic E-state index is -0.971. The summed E-state index contributed by atoms with van der Waals surface area (Å²) >= 11 is 1.43. The lowest BCUT2D eigenvalue weighted by molar-refractivity contribution is -0.147. The minimum Gasteiger partial charge on any atom is -0.480 e. The second-order valence-electron chi connectivity index (χ2n) is 3.79. The van der Waals surface area contributed by atoms with E-state index < -0.39 is 12.0 Å². The van der Waals surface area contributed by atoms with Gasteiger partial charge >= 0.3 is 5.97 Å². The minimum absolute atomic E-state index is 0.124. The molecule has 1 atom stereocenters. The van der Waals surface area contributed by atoms with Crippen molar-refractivity contribution in [3.05, 3.63) is 11.1 Å². The van der Waals surface area contributed by atoms with Crippen LogP contribution in [-0.2, 0) is 9.59 Å². The Hall–Kier alpha value is -0.970. The average Bonchev–Trinajstić information content (AvgIpc) is 2.16. The zero-order chi connectivity index (χ0) is 11.6. The van der Waals surface area contributed by atoms with Crippen LogP contribution >= 0.6 is 11.8 Å². The number of allylic oxidation sites excluding steroid dienone is 1. The van der Waals surface area contributed by atoms with Crippen molar-refractivity contribution in [3.8, 4) is 0 Å². The van der Waals surface area contributed by atoms with E-state index in [1.807, 2.05) is 19.3 Å². The molecular weight excluding hydrogens is 214 g/mol. The highest BCUT2D eigenvalue weighted by atomic mass is 32.2. The summed E-state index contributed by atoms with van der Waals surface area (Å²) in [6.45, 7) is 5.44. The van der Waals surface area contributed by atoms with Crippen LogP contribution in [0.15, 0.2) is 11.1 Å². The topological polar surface area (TPSA) is 57.6 Å². The molecule has 1 N–H and O–H groups in total. The van der Waals surface area contributed by atoms with Crippen LogP contribution < -0.4 is 0 Å². The van der Waals surface area contributed by atoms with Crippen LogP contribution in [0.3, 0.4) is 0 Å². The summed E-state index contributed by atoms with van der Waals surface area (Å²) in [4.78, 5) is 23.9. The quantitative estimate of drug-likeness (QED) is 0.797. The standard InChI is InChI=1S/C10H15NO3S/c1-6(2)8-4-15-5-9(12)11(8)7(3)10(13)14/h4,6-7H,5H2,1-3H3,(H,13,14). The Morgan fingerprint density at radius 2 is 2.13 bits per heavy atom. The summed E-state index contributed by atoms with van der Waals surface area (Å²) in [5.41, 5.74) is 0.797. The van der Waals surface area contributed by atoms with E-state index in [0.717, 1.165) is 5.70 Å². The normalized spacial score (nSPS) is 19.1. The first-order valence-corrected chi connectivity index (χ1v) is 5.86. The van der Waals surface area contributed by atoms with E-state index in [-0.39, 0.29) is 11.8 Å². The summed E-state index contributed by atoms with van der Waals surface area (Å²) in [5, 5.41) is 10.8. The number of amides is 1. The second kappa shape index (κ2) is 4.70. The van der Waals surface area contributed by atoms with Crippen LogP contribution in [0.4, 0.5) is 0 Å². The van der Waals surface area contributed by atoms with Crippen molar-refractivity contribution in [1.29, 1.82) is 0 Å². The molecule has 1 aliphatic heterocycles. The number of rotatable bonds is 3. The molecular formula is C10H15NO3S. The first-order valence-electron chi connectivity index (χ1n) is 4.81. The Labute approximate surface area is 93.3 Å². The Morgan fingerprint density at radius 1 is 1.53 bits per heavy atom. The van der Waals surface area contributed by atoms with Gasteiger partial charge in [0, 0.05) is 5.70 Å². The van der Waals surface area contributed by atoms with Crippen molar-refractivity contribution in [2.75, 3.05) is 5.75 Å². The van der Waals surface area contributed by atoms with Crippen molar-refractivity contribution in [2.45, 2.75) is 26.8 Å². The molecule has 5 heteroatoms. The predicted molar refractivity (Wildman–Crippen MR) is 59.3 cm³/mol. The Bertz CT molecular complexity index is 312. The van der Waals surface area contributed by atoms with Crippen LogP contribution in [0, 0.1) is 5.92 Å². The van der Waals surface area contributed by atoms with Gasteiger partial charge in [-0.1, -0.05) is 13.8 Å². The van der Waals surface area contributed by atoms with Gasteiger partial charge in [-0.3, -0.25) is 4.79 Å². The van der Waals surface area contributed by atoms with Crippen LogP contribution in [-0.4, -0.2) is 33.7 Å². The highest BCUT2D eigenvalue weighted by Gasteiger charge is 2.31. The third-order valence-corrected chi connectivity index (χ3v) is 3.12. The third-order valence-electron chi connectivity index (χ3n) is 2.29. The van der Waals surface area contributed by atoms with Gasteiger partial charge in [0.2, 0.25) is 5.91 Å². The first-order chi connectivity index (χ1) is 6.95. The molecule has 0 aromatic heterocycles. The molecule has 1 unspecified atom stereocenters. The monoisotopic (exact) mass is 229 g/mol. The number of carbonyl (C=O) groups excluding carboxylic acids is 1. The number of carboxylic acids is 1. The number of nitrogens with zero attached hydrogens (tertiary/aromatic N) is 1. The SMILES string of the molecule is CC(C)C1=CSCC(=O)N1C(C)C(=O)O. The van der Waals surface area contributed by atoms with Gasteiger partial charge in [0.15, 0.2) is 0 Å². The van der Waals surface area contributed by atoms with Crippen LogP contribution in [0.5, 0.6) is 0 Å². The molecule has 1 heterocycles. The molecule has 0 spiro atoms. The molecule has 0 fully saturated rings. The number of thioether (sulfide) groups is 1. The van der Waals surface area contributed by atoms with Gasteiger partial charge in [0.1, 0.15) is 6.04 Å². The average molecular weight is 229 g/mol. The summed E-state index contributed by atoms with van der Waals surface area (Å²) < 4.78 is 0. The Balaban J connectivity index is 2.99. The molecule has 0 aromatic rings. The summed E-state index contributed by atoms with van der Waals surface area (Å²) in [6.07, 6.45) is 0. The Kier molecular flexibility index (Phi) is 3.79. The molecule has 1 rings (SSSR count). The second-order valence-corrected chi connectivity index (χ2v) is 4.64. The number of aliphatic carboxylic acids is 1. The summed E-state index contributed by atoms with van der Waals surface area (Å²) in [7, 11) is 0. The maximum atomic E-state index is 11.7. The van der Waals surface area contributed by atoms with Gasteiger partial charge in [0.25, 0.3) is 0 Å². The zero-order valence-corrected chi connectivity index (χ0v) is 9.87. The summed E-state index contributed by atoms with van der Waals surface area (Å²) in [5.74, 6) is -0.611. The molecule has 0 saturated carbocycles. The first kappa shape index (κ1) is 12.1. The fourth-order valence-corrected chi connectivity index (χ4v) is 2.35. The van der Waals surface area contributed by atoms with Gasteiger partial charge in [-0.15, -0.1) is 11.8 Å². The third kappa shape index (κ3) is 2.53. The summed E-state index contributed by atoms with van der Waals surface area (Å²) in [6, 6.07) is -0.785. The van der Waals surface area contributed by atoms with Crippen molar-refractivity contribution in [3.63, 3.8) is 0 Å². The van der Waals surface area contributed by atoms with Gasteiger partial charge in [-0.05, 0) is 18.2 Å². The maximum absolute atomic E-state index is 11.7. The van der Waals surface area contributed by atoms with Crippen LogP contribution in [0.2, 0.25) is 0 Å². The van der Waals surface area contributed by atoms with Gasteiger partial charge in [0.05, 0.1) is 5.75 Å². The largest absolute Gasteiger partial charge is 0.480 e. The maximum Gasteiger partial charge on any atom is 0.326 e. The molecule has 0 aromatic carbocycles.